The van der Waals surface area contributed by atoms with Crippen molar-refractivity contribution in [1.29, 1.82) is 0 Å². The molecule has 1 heterocycles. The lowest BCUT2D eigenvalue weighted by Crippen LogP contribution is -2.09. The van der Waals surface area contributed by atoms with Crippen LogP contribution in [0.2, 0.25) is 0 Å². The Kier molecular flexibility index (Phi) is 3.07. The standard InChI is InChI=1S/C11H11BrFNO/c1-14-3-2-8-4-7-5-9(12)10(13)6-11(7)15-8/h4-6,14H,2-3H2,1H3. The molecule has 0 aliphatic rings. The quantitative estimate of drug-likeness (QED) is 0.928. The van der Waals surface area contributed by atoms with Crippen LogP contribution >= 0.6 is 15.9 Å². The van der Waals surface area contributed by atoms with E-state index in [9.17, 15) is 4.39 Å². The molecule has 0 saturated carbocycles. The number of rotatable bonds is 3. The first kappa shape index (κ1) is 10.6. The van der Waals surface area contributed by atoms with Crippen molar-refractivity contribution in [3.8, 4) is 0 Å². The summed E-state index contributed by atoms with van der Waals surface area (Å²) in [6.07, 6.45) is 0.810. The van der Waals surface area contributed by atoms with E-state index in [1.54, 1.807) is 6.07 Å². The monoisotopic (exact) mass is 271 g/mol. The highest BCUT2D eigenvalue weighted by molar-refractivity contribution is 9.10. The normalized spacial score (nSPS) is 11.1. The number of benzene rings is 1. The van der Waals surface area contributed by atoms with Crippen molar-refractivity contribution in [2.24, 2.45) is 0 Å². The van der Waals surface area contributed by atoms with Crippen molar-refractivity contribution in [2.45, 2.75) is 6.42 Å². The van der Waals surface area contributed by atoms with E-state index < -0.39 is 0 Å². The van der Waals surface area contributed by atoms with E-state index in [-0.39, 0.29) is 5.82 Å². The minimum absolute atomic E-state index is 0.294. The summed E-state index contributed by atoms with van der Waals surface area (Å²) in [5.41, 5.74) is 0.599. The summed E-state index contributed by atoms with van der Waals surface area (Å²) >= 11 is 3.15. The fourth-order valence-electron chi connectivity index (χ4n) is 1.46. The molecule has 0 saturated heterocycles. The first-order chi connectivity index (χ1) is 7.20. The topological polar surface area (TPSA) is 25.2 Å². The number of likely N-dealkylation sites (N-methyl/N-ethyl adjacent to an activating group) is 1. The third-order valence-corrected chi connectivity index (χ3v) is 2.84. The van der Waals surface area contributed by atoms with E-state index in [4.69, 9.17) is 4.42 Å². The van der Waals surface area contributed by atoms with Crippen molar-refractivity contribution in [2.75, 3.05) is 13.6 Å². The van der Waals surface area contributed by atoms with Crippen molar-refractivity contribution in [3.05, 3.63) is 34.2 Å². The van der Waals surface area contributed by atoms with Gasteiger partial charge >= 0.3 is 0 Å². The van der Waals surface area contributed by atoms with Gasteiger partial charge in [0, 0.05) is 24.4 Å². The summed E-state index contributed by atoms with van der Waals surface area (Å²) in [6.45, 7) is 0.851. The highest BCUT2D eigenvalue weighted by Gasteiger charge is 2.07. The van der Waals surface area contributed by atoms with Crippen molar-refractivity contribution in [3.63, 3.8) is 0 Å². The zero-order valence-electron chi connectivity index (χ0n) is 8.31. The molecular weight excluding hydrogens is 261 g/mol. The summed E-state index contributed by atoms with van der Waals surface area (Å²) in [4.78, 5) is 0. The van der Waals surface area contributed by atoms with Crippen LogP contribution in [0.5, 0.6) is 0 Å². The van der Waals surface area contributed by atoms with Crippen LogP contribution < -0.4 is 5.32 Å². The Morgan fingerprint density at radius 1 is 1.40 bits per heavy atom. The molecule has 15 heavy (non-hydrogen) atoms. The van der Waals surface area contributed by atoms with Gasteiger partial charge in [-0.3, -0.25) is 0 Å². The summed E-state index contributed by atoms with van der Waals surface area (Å²) in [7, 11) is 1.89. The largest absolute Gasteiger partial charge is 0.461 e. The van der Waals surface area contributed by atoms with Crippen molar-refractivity contribution in [1.82, 2.24) is 5.32 Å². The zero-order chi connectivity index (χ0) is 10.8. The van der Waals surface area contributed by atoms with Gasteiger partial charge in [0.2, 0.25) is 0 Å². The molecule has 0 bridgehead atoms. The van der Waals surface area contributed by atoms with Gasteiger partial charge in [0.25, 0.3) is 0 Å². The minimum Gasteiger partial charge on any atom is -0.461 e. The molecule has 80 valence electrons. The predicted molar refractivity (Wildman–Crippen MR) is 61.5 cm³/mol. The fraction of sp³-hybridized carbons (Fsp3) is 0.273. The Morgan fingerprint density at radius 2 is 2.20 bits per heavy atom. The van der Waals surface area contributed by atoms with Gasteiger partial charge in [-0.2, -0.15) is 0 Å². The second-order valence-electron chi connectivity index (χ2n) is 3.37. The van der Waals surface area contributed by atoms with Crippen LogP contribution in [0.1, 0.15) is 5.76 Å². The van der Waals surface area contributed by atoms with Crippen molar-refractivity contribution < 1.29 is 8.81 Å². The molecule has 2 rings (SSSR count). The molecular formula is C11H11BrFNO. The van der Waals surface area contributed by atoms with Gasteiger partial charge in [-0.05, 0) is 35.1 Å². The molecule has 1 N–H and O–H groups in total. The number of furan rings is 1. The van der Waals surface area contributed by atoms with Gasteiger partial charge in [0.15, 0.2) is 0 Å². The van der Waals surface area contributed by atoms with Gasteiger partial charge < -0.3 is 9.73 Å². The zero-order valence-corrected chi connectivity index (χ0v) is 9.90. The molecule has 0 aliphatic carbocycles. The van der Waals surface area contributed by atoms with Crippen LogP contribution in [0, 0.1) is 5.82 Å². The van der Waals surface area contributed by atoms with Gasteiger partial charge in [-0.25, -0.2) is 4.39 Å². The summed E-state index contributed by atoms with van der Waals surface area (Å²) < 4.78 is 19.2. The third kappa shape index (κ3) is 2.21. The maximum absolute atomic E-state index is 13.2. The number of nitrogens with one attached hydrogen (secondary N) is 1. The van der Waals surface area contributed by atoms with Crippen LogP contribution in [0.4, 0.5) is 4.39 Å². The number of fused-ring (bicyclic) bond motifs is 1. The molecule has 0 aliphatic heterocycles. The second kappa shape index (κ2) is 4.33. The predicted octanol–water partition coefficient (Wildman–Crippen LogP) is 3.10. The molecule has 1 aromatic carbocycles. The van der Waals surface area contributed by atoms with E-state index >= 15 is 0 Å². The average molecular weight is 272 g/mol. The summed E-state index contributed by atoms with van der Waals surface area (Å²) in [5.74, 6) is 0.578. The van der Waals surface area contributed by atoms with Crippen LogP contribution in [-0.4, -0.2) is 13.6 Å². The summed E-state index contributed by atoms with van der Waals surface area (Å²) in [5, 5.41) is 3.97. The molecule has 0 fully saturated rings. The van der Waals surface area contributed by atoms with E-state index in [0.29, 0.717) is 10.1 Å². The van der Waals surface area contributed by atoms with E-state index in [1.807, 2.05) is 13.1 Å². The molecule has 0 atom stereocenters. The maximum Gasteiger partial charge on any atom is 0.141 e. The van der Waals surface area contributed by atoms with Crippen LogP contribution in [-0.2, 0) is 6.42 Å². The lowest BCUT2D eigenvalue weighted by Gasteiger charge is -1.93. The summed E-state index contributed by atoms with van der Waals surface area (Å²) in [6, 6.07) is 5.08. The van der Waals surface area contributed by atoms with Gasteiger partial charge in [0.1, 0.15) is 17.2 Å². The SMILES string of the molecule is CNCCc1cc2cc(Br)c(F)cc2o1. The maximum atomic E-state index is 13.2. The molecule has 2 aromatic rings. The highest BCUT2D eigenvalue weighted by atomic mass is 79.9. The number of hydrogen-bond donors (Lipinski definition) is 1. The highest BCUT2D eigenvalue weighted by Crippen LogP contribution is 2.26. The third-order valence-electron chi connectivity index (χ3n) is 2.23. The molecule has 0 radical (unpaired) electrons. The molecule has 0 amide bonds. The lowest BCUT2D eigenvalue weighted by atomic mass is 10.2. The Labute approximate surface area is 95.6 Å². The second-order valence-corrected chi connectivity index (χ2v) is 4.22. The molecule has 0 spiro atoms. The lowest BCUT2D eigenvalue weighted by molar-refractivity contribution is 0.537. The van der Waals surface area contributed by atoms with Gasteiger partial charge in [-0.15, -0.1) is 0 Å². The van der Waals surface area contributed by atoms with E-state index in [2.05, 4.69) is 21.2 Å². The first-order valence-electron chi connectivity index (χ1n) is 4.73. The average Bonchev–Trinajstić information content (AvgIpc) is 2.58. The minimum atomic E-state index is -0.294. The van der Waals surface area contributed by atoms with E-state index in [0.717, 1.165) is 24.1 Å². The van der Waals surface area contributed by atoms with Crippen LogP contribution in [0.3, 0.4) is 0 Å². The van der Waals surface area contributed by atoms with Crippen LogP contribution in [0.25, 0.3) is 11.0 Å². The fourth-order valence-corrected chi connectivity index (χ4v) is 1.82. The molecule has 1 aromatic heterocycles. The first-order valence-corrected chi connectivity index (χ1v) is 5.52. The molecule has 2 nitrogen and oxygen atoms in total. The van der Waals surface area contributed by atoms with E-state index in [1.165, 1.54) is 6.07 Å². The Bertz CT molecular complexity index is 442. The molecule has 0 unspecified atom stereocenters. The van der Waals surface area contributed by atoms with Crippen LogP contribution in [0.15, 0.2) is 27.1 Å². The Balaban J connectivity index is 2.38. The number of hydrogen-bond acceptors (Lipinski definition) is 2. The smallest absolute Gasteiger partial charge is 0.141 e. The number of halogens is 2. The Hall–Kier alpha value is -0.870. The van der Waals surface area contributed by atoms with Crippen molar-refractivity contribution >= 4 is 26.9 Å². The van der Waals surface area contributed by atoms with Gasteiger partial charge in [-0.1, -0.05) is 0 Å². The molecule has 4 heteroatoms. The van der Waals surface area contributed by atoms with Gasteiger partial charge in [0.05, 0.1) is 4.47 Å². The Morgan fingerprint density at radius 3 is 2.93 bits per heavy atom.